The van der Waals surface area contributed by atoms with Crippen LogP contribution in [0.2, 0.25) is 0 Å². The molecule has 0 saturated carbocycles. The highest BCUT2D eigenvalue weighted by molar-refractivity contribution is 7.92. The number of nitrogen functional groups attached to an aromatic ring is 1. The summed E-state index contributed by atoms with van der Waals surface area (Å²) in [6.07, 6.45) is -4.23. The summed E-state index contributed by atoms with van der Waals surface area (Å²) < 4.78 is 101. The molecule has 0 amide bonds. The number of sulfonamides is 1. The van der Waals surface area contributed by atoms with Gasteiger partial charge in [-0.15, -0.1) is 0 Å². The summed E-state index contributed by atoms with van der Waals surface area (Å²) in [5.41, 5.74) is 3.60. The molecule has 42 heavy (non-hydrogen) atoms. The number of nitrogens with two attached hydrogens (primary N) is 1. The van der Waals surface area contributed by atoms with Crippen LogP contribution in [0, 0.1) is 5.82 Å². The zero-order chi connectivity index (χ0) is 30.1. The van der Waals surface area contributed by atoms with Gasteiger partial charge < -0.3 is 15.4 Å². The number of aromatic nitrogens is 5. The normalized spacial score (nSPS) is 14.4. The molecule has 0 unspecified atom stereocenters. The zero-order valence-corrected chi connectivity index (χ0v) is 22.5. The number of benzene rings is 1. The Kier molecular flexibility index (Phi) is 8.05. The van der Waals surface area contributed by atoms with Crippen molar-refractivity contribution in [2.45, 2.75) is 12.6 Å². The molecule has 11 nitrogen and oxygen atoms in total. The van der Waals surface area contributed by atoms with Crippen molar-refractivity contribution in [2.24, 2.45) is 0 Å². The van der Waals surface area contributed by atoms with Crippen LogP contribution in [0.4, 0.5) is 39.4 Å². The quantitative estimate of drug-likeness (QED) is 0.282. The molecule has 222 valence electrons. The van der Waals surface area contributed by atoms with Crippen LogP contribution in [-0.4, -0.2) is 72.1 Å². The molecule has 1 saturated heterocycles. The number of morpholine rings is 1. The predicted octanol–water partition coefficient (Wildman–Crippen LogP) is 3.83. The number of hydrogen-bond acceptors (Lipinski definition) is 10. The van der Waals surface area contributed by atoms with E-state index in [1.54, 1.807) is 4.90 Å². The summed E-state index contributed by atoms with van der Waals surface area (Å²) in [6, 6.07) is 6.85. The van der Waals surface area contributed by atoms with Gasteiger partial charge in [0.25, 0.3) is 0 Å². The zero-order valence-electron chi connectivity index (χ0n) is 21.7. The van der Waals surface area contributed by atoms with Crippen LogP contribution < -0.4 is 15.4 Å². The van der Waals surface area contributed by atoms with E-state index >= 15 is 4.39 Å². The van der Waals surface area contributed by atoms with Crippen molar-refractivity contribution in [1.29, 1.82) is 0 Å². The van der Waals surface area contributed by atoms with Gasteiger partial charge in [0.1, 0.15) is 5.52 Å². The maximum absolute atomic E-state index is 15.5. The molecule has 5 rings (SSSR count). The average Bonchev–Trinajstić information content (AvgIpc) is 2.96. The number of fused-ring (bicyclic) bond motifs is 1. The first-order valence-corrected chi connectivity index (χ1v) is 14.2. The molecule has 0 spiro atoms. The van der Waals surface area contributed by atoms with Gasteiger partial charge in [0, 0.05) is 24.8 Å². The molecule has 3 aromatic heterocycles. The second-order valence-electron chi connectivity index (χ2n) is 9.15. The number of halogens is 5. The van der Waals surface area contributed by atoms with Gasteiger partial charge in [0.05, 0.1) is 48.1 Å². The fourth-order valence-electron chi connectivity index (χ4n) is 4.31. The Bertz CT molecular complexity index is 1730. The molecule has 3 N–H and O–H groups in total. The van der Waals surface area contributed by atoms with E-state index in [-0.39, 0.29) is 46.0 Å². The van der Waals surface area contributed by atoms with Gasteiger partial charge in [0.2, 0.25) is 16.0 Å². The first-order chi connectivity index (χ1) is 20.0. The number of rotatable bonds is 8. The molecule has 1 aliphatic heterocycles. The van der Waals surface area contributed by atoms with Gasteiger partial charge in [0.15, 0.2) is 23.2 Å². The van der Waals surface area contributed by atoms with Crippen molar-refractivity contribution < 1.29 is 35.1 Å². The lowest BCUT2D eigenvalue weighted by atomic mass is 10.1. The Balaban J connectivity index is 1.64. The topological polar surface area (TPSA) is 149 Å². The molecule has 1 aliphatic rings. The minimum absolute atomic E-state index is 0.0640. The van der Waals surface area contributed by atoms with Gasteiger partial charge in [-0.25, -0.2) is 37.7 Å². The first kappa shape index (κ1) is 29.2. The molecule has 0 radical (unpaired) electrons. The smallest absolute Gasteiger partial charge is 0.378 e. The van der Waals surface area contributed by atoms with E-state index in [1.165, 1.54) is 30.3 Å². The molecule has 0 bridgehead atoms. The number of anilines is 3. The summed E-state index contributed by atoms with van der Waals surface area (Å²) in [7, 11) is -4.01. The highest BCUT2D eigenvalue weighted by atomic mass is 32.2. The Morgan fingerprint density at radius 1 is 1.02 bits per heavy atom. The fourth-order valence-corrected chi connectivity index (χ4v) is 5.40. The van der Waals surface area contributed by atoms with Gasteiger partial charge >= 0.3 is 6.18 Å². The number of nitrogens with one attached hydrogen (secondary N) is 1. The Labute approximate surface area is 236 Å². The van der Waals surface area contributed by atoms with Crippen molar-refractivity contribution in [1.82, 2.24) is 24.9 Å². The minimum atomic E-state index is -4.87. The van der Waals surface area contributed by atoms with E-state index in [0.717, 1.165) is 6.20 Å². The van der Waals surface area contributed by atoms with Crippen LogP contribution in [0.25, 0.3) is 33.7 Å². The number of alkyl halides is 4. The number of ether oxygens (including phenoxy) is 1. The number of nitrogens with zero attached hydrogens (tertiary/aromatic N) is 6. The van der Waals surface area contributed by atoms with Crippen molar-refractivity contribution >= 4 is 38.5 Å². The van der Waals surface area contributed by atoms with E-state index in [9.17, 15) is 26.0 Å². The number of pyridine rings is 1. The summed E-state index contributed by atoms with van der Waals surface area (Å²) in [5.74, 6) is -2.16. The second-order valence-corrected chi connectivity index (χ2v) is 11.0. The van der Waals surface area contributed by atoms with Crippen LogP contribution in [0.5, 0.6) is 0 Å². The highest BCUT2D eigenvalue weighted by Crippen LogP contribution is 2.37. The lowest BCUT2D eigenvalue weighted by Gasteiger charge is -2.28. The molecule has 4 heterocycles. The van der Waals surface area contributed by atoms with Crippen molar-refractivity contribution in [3.8, 4) is 22.6 Å². The summed E-state index contributed by atoms with van der Waals surface area (Å²) >= 11 is 0. The summed E-state index contributed by atoms with van der Waals surface area (Å²) in [4.78, 5) is 22.0. The van der Waals surface area contributed by atoms with Crippen LogP contribution in [0.1, 0.15) is 12.1 Å². The van der Waals surface area contributed by atoms with E-state index < -0.39 is 51.6 Å². The third kappa shape index (κ3) is 6.15. The number of hydrogen-bond donors (Lipinski definition) is 2. The molecule has 1 fully saturated rings. The third-order valence-electron chi connectivity index (χ3n) is 6.24. The molecule has 4 aromatic rings. The average molecular weight is 611 g/mol. The van der Waals surface area contributed by atoms with E-state index in [1.807, 2.05) is 0 Å². The monoisotopic (exact) mass is 610 g/mol. The lowest BCUT2D eigenvalue weighted by molar-refractivity contribution is -0.140. The van der Waals surface area contributed by atoms with E-state index in [0.29, 0.717) is 26.3 Å². The van der Waals surface area contributed by atoms with Gasteiger partial charge in [-0.3, -0.25) is 9.11 Å². The van der Waals surface area contributed by atoms with Crippen LogP contribution in [0.3, 0.4) is 0 Å². The highest BCUT2D eigenvalue weighted by Gasteiger charge is 2.37. The molecule has 17 heteroatoms. The summed E-state index contributed by atoms with van der Waals surface area (Å²) in [5, 5.41) is 0. The fraction of sp³-hybridized carbons (Fsp3) is 0.320. The van der Waals surface area contributed by atoms with Gasteiger partial charge in [-0.05, 0) is 30.7 Å². The molecular weight excluding hydrogens is 587 g/mol. The maximum atomic E-state index is 15.5. The Hall–Kier alpha value is -4.25. The third-order valence-corrected chi connectivity index (χ3v) is 7.60. The van der Waals surface area contributed by atoms with Crippen molar-refractivity contribution in [3.05, 3.63) is 48.0 Å². The van der Waals surface area contributed by atoms with Crippen molar-refractivity contribution in [2.75, 3.05) is 54.1 Å². The SMILES string of the molecule is Nc1ncc(-c2nc(N3CCOCC3)c3nc(-c4cccc(NS(=O)(=O)CCCF)c4F)ccc3n2)c(C(F)(F)F)n1. The molecule has 1 aromatic carbocycles. The minimum Gasteiger partial charge on any atom is -0.378 e. The first-order valence-electron chi connectivity index (χ1n) is 12.5. The lowest BCUT2D eigenvalue weighted by Crippen LogP contribution is -2.37. The Morgan fingerprint density at radius 3 is 2.50 bits per heavy atom. The standard InChI is InChI=1S/C25H23F5N8O3S/c26-7-2-12-42(39,40)37-17-4-1-3-14(19(17)27)16-5-6-18-20(33-16)23(38-8-10-41-11-9-38)36-22(34-18)15-13-32-24(31)35-21(15)25(28,29)30/h1,3-6,13,37H,2,7-12H2,(H2,31,32,35). The van der Waals surface area contributed by atoms with Crippen LogP contribution in [-0.2, 0) is 20.9 Å². The molecular formula is C25H23F5N8O3S. The van der Waals surface area contributed by atoms with E-state index in [2.05, 4.69) is 29.6 Å². The second kappa shape index (κ2) is 11.6. The van der Waals surface area contributed by atoms with Crippen LogP contribution in [0.15, 0.2) is 36.5 Å². The largest absolute Gasteiger partial charge is 0.434 e. The van der Waals surface area contributed by atoms with Crippen LogP contribution >= 0.6 is 0 Å². The Morgan fingerprint density at radius 2 is 1.79 bits per heavy atom. The van der Waals surface area contributed by atoms with Gasteiger partial charge in [-0.2, -0.15) is 13.2 Å². The van der Waals surface area contributed by atoms with Crippen molar-refractivity contribution in [3.63, 3.8) is 0 Å². The van der Waals surface area contributed by atoms with Gasteiger partial charge in [-0.1, -0.05) is 6.07 Å². The molecule has 0 atom stereocenters. The molecule has 0 aliphatic carbocycles. The predicted molar refractivity (Wildman–Crippen MR) is 144 cm³/mol. The van der Waals surface area contributed by atoms with E-state index in [4.69, 9.17) is 10.5 Å². The maximum Gasteiger partial charge on any atom is 0.434 e. The summed E-state index contributed by atoms with van der Waals surface area (Å²) in [6.45, 7) is 0.471.